The van der Waals surface area contributed by atoms with Crippen molar-refractivity contribution in [1.82, 2.24) is 20.0 Å². The molecule has 1 N–H and O–H groups in total. The molecule has 3 aliphatic rings. The summed E-state index contributed by atoms with van der Waals surface area (Å²) in [5.41, 5.74) is 0. The van der Waals surface area contributed by atoms with Crippen LogP contribution in [-0.2, 0) is 14.3 Å². The van der Waals surface area contributed by atoms with Gasteiger partial charge >= 0.3 is 11.8 Å². The Morgan fingerprint density at radius 2 is 1.57 bits per heavy atom. The number of nitrogens with zero attached hydrogens (tertiary/aromatic N) is 3. The first kappa shape index (κ1) is 14.7. The maximum absolute atomic E-state index is 12.3. The van der Waals surface area contributed by atoms with Gasteiger partial charge in [0, 0.05) is 58.4 Å². The lowest BCUT2D eigenvalue weighted by Crippen LogP contribution is -2.52. The molecule has 2 amide bonds. The van der Waals surface area contributed by atoms with E-state index in [1.165, 1.54) is 0 Å². The summed E-state index contributed by atoms with van der Waals surface area (Å²) in [6.07, 6.45) is 0.959. The molecule has 118 valence electrons. The van der Waals surface area contributed by atoms with Crippen LogP contribution in [0.5, 0.6) is 0 Å². The van der Waals surface area contributed by atoms with Gasteiger partial charge in [-0.05, 0) is 6.42 Å². The summed E-state index contributed by atoms with van der Waals surface area (Å²) in [6, 6.07) is 0.383. The summed E-state index contributed by atoms with van der Waals surface area (Å²) < 4.78 is 5.36. The average molecular weight is 296 g/mol. The van der Waals surface area contributed by atoms with Gasteiger partial charge in [-0.3, -0.25) is 14.5 Å². The van der Waals surface area contributed by atoms with Gasteiger partial charge in [-0.15, -0.1) is 0 Å². The number of carbonyl (C=O) groups is 2. The fourth-order valence-corrected chi connectivity index (χ4v) is 3.31. The molecule has 0 radical (unpaired) electrons. The van der Waals surface area contributed by atoms with Crippen molar-refractivity contribution >= 4 is 11.8 Å². The fourth-order valence-electron chi connectivity index (χ4n) is 3.31. The highest BCUT2D eigenvalue weighted by Gasteiger charge is 2.35. The van der Waals surface area contributed by atoms with Crippen LogP contribution in [0.25, 0.3) is 0 Å². The summed E-state index contributed by atoms with van der Waals surface area (Å²) in [5.74, 6) is -0.660. The summed E-state index contributed by atoms with van der Waals surface area (Å²) in [4.78, 5) is 30.4. The van der Waals surface area contributed by atoms with E-state index in [0.717, 1.165) is 45.8 Å². The molecule has 7 heteroatoms. The van der Waals surface area contributed by atoms with Crippen LogP contribution < -0.4 is 5.32 Å². The van der Waals surface area contributed by atoms with E-state index in [1.54, 1.807) is 9.80 Å². The molecule has 0 bridgehead atoms. The molecule has 3 saturated heterocycles. The maximum atomic E-state index is 12.3. The molecule has 21 heavy (non-hydrogen) atoms. The zero-order valence-electron chi connectivity index (χ0n) is 12.4. The van der Waals surface area contributed by atoms with Gasteiger partial charge in [-0.2, -0.15) is 0 Å². The van der Waals surface area contributed by atoms with Crippen LogP contribution >= 0.6 is 0 Å². The summed E-state index contributed by atoms with van der Waals surface area (Å²) in [6.45, 7) is 7.57. The zero-order chi connectivity index (χ0) is 14.7. The minimum absolute atomic E-state index is 0.326. The second kappa shape index (κ2) is 6.72. The molecule has 3 rings (SSSR count). The Balaban J connectivity index is 1.52. The molecule has 3 aliphatic heterocycles. The molecule has 1 atom stereocenters. The van der Waals surface area contributed by atoms with Crippen molar-refractivity contribution in [3.05, 3.63) is 0 Å². The molecule has 1 unspecified atom stereocenters. The summed E-state index contributed by atoms with van der Waals surface area (Å²) in [5, 5.41) is 3.19. The SMILES string of the molecule is O=C(C(=O)N1CCC(N2CCOCC2)C1)N1CCNCC1. The second-order valence-corrected chi connectivity index (χ2v) is 5.88. The number of nitrogens with one attached hydrogen (secondary N) is 1. The van der Waals surface area contributed by atoms with Crippen molar-refractivity contribution in [3.8, 4) is 0 Å². The smallest absolute Gasteiger partial charge is 0.312 e. The van der Waals surface area contributed by atoms with Gasteiger partial charge in [0.15, 0.2) is 0 Å². The molecule has 0 saturated carbocycles. The topological polar surface area (TPSA) is 65.1 Å². The highest BCUT2D eigenvalue weighted by atomic mass is 16.5. The number of rotatable bonds is 1. The number of carbonyl (C=O) groups excluding carboxylic acids is 2. The predicted molar refractivity (Wildman–Crippen MR) is 76.8 cm³/mol. The lowest BCUT2D eigenvalue weighted by molar-refractivity contribution is -0.151. The van der Waals surface area contributed by atoms with E-state index in [1.807, 2.05) is 0 Å². The fraction of sp³-hybridized carbons (Fsp3) is 0.857. The van der Waals surface area contributed by atoms with E-state index < -0.39 is 0 Å². The summed E-state index contributed by atoms with van der Waals surface area (Å²) >= 11 is 0. The van der Waals surface area contributed by atoms with Gasteiger partial charge in [0.25, 0.3) is 0 Å². The quantitative estimate of drug-likeness (QED) is 0.588. The van der Waals surface area contributed by atoms with Crippen molar-refractivity contribution < 1.29 is 14.3 Å². The van der Waals surface area contributed by atoms with E-state index in [4.69, 9.17) is 4.74 Å². The molecule has 0 spiro atoms. The zero-order valence-corrected chi connectivity index (χ0v) is 12.4. The molecule has 0 aromatic heterocycles. The monoisotopic (exact) mass is 296 g/mol. The molecular formula is C14H24N4O3. The van der Waals surface area contributed by atoms with Gasteiger partial charge in [0.1, 0.15) is 0 Å². The van der Waals surface area contributed by atoms with Crippen molar-refractivity contribution in [2.45, 2.75) is 12.5 Å². The molecule has 0 aromatic rings. The van der Waals surface area contributed by atoms with Crippen LogP contribution in [0.2, 0.25) is 0 Å². The Bertz CT molecular complexity index is 392. The van der Waals surface area contributed by atoms with Crippen molar-refractivity contribution in [2.75, 3.05) is 65.6 Å². The number of ether oxygens (including phenoxy) is 1. The van der Waals surface area contributed by atoms with Crippen LogP contribution in [-0.4, -0.2) is 98.1 Å². The first-order valence-electron chi connectivity index (χ1n) is 7.86. The molecule has 0 aliphatic carbocycles. The first-order valence-corrected chi connectivity index (χ1v) is 7.86. The number of piperazine rings is 1. The third-order valence-corrected chi connectivity index (χ3v) is 4.60. The molecule has 3 fully saturated rings. The Kier molecular flexibility index (Phi) is 4.72. The maximum Gasteiger partial charge on any atom is 0.312 e. The Labute approximate surface area is 125 Å². The van der Waals surface area contributed by atoms with Crippen molar-refractivity contribution in [3.63, 3.8) is 0 Å². The predicted octanol–water partition coefficient (Wildman–Crippen LogP) is -1.65. The van der Waals surface area contributed by atoms with Crippen molar-refractivity contribution in [2.24, 2.45) is 0 Å². The number of amides is 2. The largest absolute Gasteiger partial charge is 0.379 e. The van der Waals surface area contributed by atoms with Gasteiger partial charge < -0.3 is 19.9 Å². The third-order valence-electron chi connectivity index (χ3n) is 4.60. The van der Waals surface area contributed by atoms with Crippen LogP contribution in [0.1, 0.15) is 6.42 Å². The molecule has 3 heterocycles. The number of likely N-dealkylation sites (tertiary alicyclic amines) is 1. The normalized spacial score (nSPS) is 27.9. The van der Waals surface area contributed by atoms with Gasteiger partial charge in [-0.25, -0.2) is 0 Å². The summed E-state index contributed by atoms with van der Waals surface area (Å²) in [7, 11) is 0. The Morgan fingerprint density at radius 1 is 0.905 bits per heavy atom. The van der Waals surface area contributed by atoms with Gasteiger partial charge in [0.05, 0.1) is 13.2 Å². The van der Waals surface area contributed by atoms with Crippen LogP contribution in [0, 0.1) is 0 Å². The van der Waals surface area contributed by atoms with Crippen LogP contribution in [0.15, 0.2) is 0 Å². The number of morpholine rings is 1. The van der Waals surface area contributed by atoms with Crippen molar-refractivity contribution in [1.29, 1.82) is 0 Å². The second-order valence-electron chi connectivity index (χ2n) is 5.88. The lowest BCUT2D eigenvalue weighted by Gasteiger charge is -2.32. The van der Waals surface area contributed by atoms with Crippen LogP contribution in [0.3, 0.4) is 0 Å². The Morgan fingerprint density at radius 3 is 2.29 bits per heavy atom. The highest BCUT2D eigenvalue weighted by molar-refractivity contribution is 6.35. The van der Waals surface area contributed by atoms with E-state index in [0.29, 0.717) is 32.2 Å². The van der Waals surface area contributed by atoms with Gasteiger partial charge in [-0.1, -0.05) is 0 Å². The number of hydrogen-bond acceptors (Lipinski definition) is 5. The van der Waals surface area contributed by atoms with Gasteiger partial charge in [0.2, 0.25) is 0 Å². The molecular weight excluding hydrogens is 272 g/mol. The lowest BCUT2D eigenvalue weighted by atomic mass is 10.2. The first-order chi connectivity index (χ1) is 10.3. The highest BCUT2D eigenvalue weighted by Crippen LogP contribution is 2.17. The molecule has 0 aromatic carbocycles. The van der Waals surface area contributed by atoms with E-state index in [9.17, 15) is 9.59 Å². The van der Waals surface area contributed by atoms with E-state index in [-0.39, 0.29) is 11.8 Å². The minimum atomic E-state index is -0.334. The minimum Gasteiger partial charge on any atom is -0.379 e. The third kappa shape index (κ3) is 3.36. The number of hydrogen-bond donors (Lipinski definition) is 1. The van der Waals surface area contributed by atoms with E-state index >= 15 is 0 Å². The standard InChI is InChI=1S/C14H24N4O3/c19-13(17-5-2-15-3-6-17)14(20)18-4-1-12(11-18)16-7-9-21-10-8-16/h12,15H,1-11H2. The van der Waals surface area contributed by atoms with E-state index in [2.05, 4.69) is 10.2 Å². The molecule has 7 nitrogen and oxygen atoms in total. The Hall–Kier alpha value is -1.18. The average Bonchev–Trinajstić information content (AvgIpc) is 3.05. The van der Waals surface area contributed by atoms with Crippen LogP contribution in [0.4, 0.5) is 0 Å².